The lowest BCUT2D eigenvalue weighted by atomic mass is 9.97. The number of oxazole rings is 1. The summed E-state index contributed by atoms with van der Waals surface area (Å²) >= 11 is 0. The second-order valence-corrected chi connectivity index (χ2v) is 9.83. The Morgan fingerprint density at radius 1 is 1.00 bits per heavy atom. The number of aromatic amines is 1. The van der Waals surface area contributed by atoms with Crippen LogP contribution in [-0.2, 0) is 5.60 Å². The molecule has 2 heterocycles. The summed E-state index contributed by atoms with van der Waals surface area (Å²) in [5.74, 6) is 0.570. The zero-order valence-corrected chi connectivity index (χ0v) is 21.6. The average Bonchev–Trinajstić information content (AvgIpc) is 3.58. The monoisotopic (exact) mass is 496 g/mol. The number of aliphatic hydroxyl groups is 1. The summed E-state index contributed by atoms with van der Waals surface area (Å²) in [6.45, 7) is 8.70. The van der Waals surface area contributed by atoms with Gasteiger partial charge in [0.2, 0.25) is 5.82 Å². The van der Waals surface area contributed by atoms with Gasteiger partial charge in [0.25, 0.3) is 6.01 Å². The predicted octanol–water partition coefficient (Wildman–Crippen LogP) is 6.27. The summed E-state index contributed by atoms with van der Waals surface area (Å²) in [5, 5.41) is 25.2. The minimum absolute atomic E-state index is 0.0340. The second-order valence-electron chi connectivity index (χ2n) is 9.83. The van der Waals surface area contributed by atoms with Crippen LogP contribution in [0.4, 0.5) is 6.01 Å². The largest absolute Gasteiger partial charge is 0.423 e. The van der Waals surface area contributed by atoms with Gasteiger partial charge in [-0.2, -0.15) is 10.2 Å². The maximum absolute atomic E-state index is 10.7. The van der Waals surface area contributed by atoms with Crippen molar-refractivity contribution in [3.05, 3.63) is 77.9 Å². The molecule has 0 aliphatic rings. The number of H-pyrrole nitrogens is 1. The van der Waals surface area contributed by atoms with Crippen LogP contribution in [0.15, 0.2) is 71.1 Å². The summed E-state index contributed by atoms with van der Waals surface area (Å²) in [7, 11) is 0. The highest BCUT2D eigenvalue weighted by molar-refractivity contribution is 5.81. The lowest BCUT2D eigenvalue weighted by Crippen LogP contribution is -2.28. The van der Waals surface area contributed by atoms with Crippen LogP contribution in [0.5, 0.6) is 0 Å². The fraction of sp³-hybridized carbons (Fsp3) is 0.310. The molecule has 2 aromatic heterocycles. The molecule has 0 amide bonds. The first kappa shape index (κ1) is 24.6. The molecule has 8 heteroatoms. The molecule has 5 rings (SSSR count). The van der Waals surface area contributed by atoms with E-state index in [1.165, 1.54) is 0 Å². The number of unbranched alkanes of at least 4 members (excludes halogenated alkanes) is 1. The molecule has 8 nitrogen and oxygen atoms in total. The Kier molecular flexibility index (Phi) is 6.76. The van der Waals surface area contributed by atoms with Gasteiger partial charge in [0, 0.05) is 17.7 Å². The topological polar surface area (TPSA) is 104 Å². The Morgan fingerprint density at radius 3 is 2.43 bits per heavy atom. The number of fused-ring (bicyclic) bond motifs is 1. The third-order valence-corrected chi connectivity index (χ3v) is 6.75. The number of hydrogen-bond donors (Lipinski definition) is 2. The van der Waals surface area contributed by atoms with Crippen molar-refractivity contribution in [2.24, 2.45) is 0 Å². The van der Waals surface area contributed by atoms with Crippen molar-refractivity contribution in [1.82, 2.24) is 25.6 Å². The maximum Gasteiger partial charge on any atom is 0.298 e. The third kappa shape index (κ3) is 4.97. The molecule has 1 atom stereocenters. The van der Waals surface area contributed by atoms with Crippen molar-refractivity contribution >= 4 is 17.1 Å². The Labute approximate surface area is 216 Å². The number of rotatable bonds is 9. The van der Waals surface area contributed by atoms with Gasteiger partial charge in [-0.05, 0) is 55.2 Å². The van der Waals surface area contributed by atoms with Crippen LogP contribution >= 0.6 is 0 Å². The standard InChI is InChI=1S/C29H32N6O2/c1-5-6-18-35(28-30-26-24(29(3,4)36)12-9-13-25(26)37-28)19(2)20-14-16-21(17-15-20)22-10-7-8-11-23(22)27-31-33-34-32-27/h7-17,19,36H,5-6,18H2,1-4H3,(H,31,32,33,34)/t19-/m1/s1. The number of hydrogen-bond acceptors (Lipinski definition) is 7. The first-order valence-electron chi connectivity index (χ1n) is 12.7. The van der Waals surface area contributed by atoms with Crippen LogP contribution in [0.3, 0.4) is 0 Å². The van der Waals surface area contributed by atoms with E-state index < -0.39 is 5.60 Å². The van der Waals surface area contributed by atoms with E-state index in [0.717, 1.165) is 47.2 Å². The molecule has 2 N–H and O–H groups in total. The minimum Gasteiger partial charge on any atom is -0.423 e. The Bertz CT molecular complexity index is 1470. The smallest absolute Gasteiger partial charge is 0.298 e. The van der Waals surface area contributed by atoms with Gasteiger partial charge in [0.15, 0.2) is 5.58 Å². The SMILES string of the molecule is CCCCN(c1nc2c(C(C)(C)O)cccc2o1)[C@H](C)c1ccc(-c2ccccc2-c2nn[nH]n2)cc1. The van der Waals surface area contributed by atoms with Gasteiger partial charge in [-0.15, -0.1) is 10.2 Å². The molecule has 0 aliphatic heterocycles. The van der Waals surface area contributed by atoms with Crippen molar-refractivity contribution in [2.75, 3.05) is 11.4 Å². The fourth-order valence-electron chi connectivity index (χ4n) is 4.66. The molecule has 0 unspecified atom stereocenters. The van der Waals surface area contributed by atoms with Crippen LogP contribution in [0.25, 0.3) is 33.6 Å². The molecule has 0 saturated carbocycles. The molecule has 0 fully saturated rings. The highest BCUT2D eigenvalue weighted by Crippen LogP contribution is 2.35. The fourth-order valence-corrected chi connectivity index (χ4v) is 4.66. The van der Waals surface area contributed by atoms with Gasteiger partial charge in [0.1, 0.15) is 5.52 Å². The third-order valence-electron chi connectivity index (χ3n) is 6.75. The number of aromatic nitrogens is 5. The van der Waals surface area contributed by atoms with Gasteiger partial charge in [-0.3, -0.25) is 0 Å². The van der Waals surface area contributed by atoms with Gasteiger partial charge in [0.05, 0.1) is 11.6 Å². The van der Waals surface area contributed by atoms with Crippen LogP contribution in [0, 0.1) is 0 Å². The van der Waals surface area contributed by atoms with Crippen LogP contribution in [-0.4, -0.2) is 37.3 Å². The zero-order chi connectivity index (χ0) is 26.0. The van der Waals surface area contributed by atoms with Crippen molar-refractivity contribution in [1.29, 1.82) is 0 Å². The second kappa shape index (κ2) is 10.1. The van der Waals surface area contributed by atoms with Crippen LogP contribution < -0.4 is 4.90 Å². The zero-order valence-electron chi connectivity index (χ0n) is 21.6. The van der Waals surface area contributed by atoms with Crippen molar-refractivity contribution in [3.63, 3.8) is 0 Å². The number of benzene rings is 3. The quantitative estimate of drug-likeness (QED) is 0.248. The summed E-state index contributed by atoms with van der Waals surface area (Å²) in [5.41, 5.74) is 5.33. The van der Waals surface area contributed by atoms with Gasteiger partial charge >= 0.3 is 0 Å². The number of para-hydroxylation sites is 1. The van der Waals surface area contributed by atoms with E-state index in [1.807, 2.05) is 36.4 Å². The van der Waals surface area contributed by atoms with Gasteiger partial charge < -0.3 is 14.4 Å². The van der Waals surface area contributed by atoms with Crippen molar-refractivity contribution in [3.8, 4) is 22.5 Å². The Hall–Kier alpha value is -4.04. The van der Waals surface area contributed by atoms with Crippen LogP contribution in [0.2, 0.25) is 0 Å². The van der Waals surface area contributed by atoms with E-state index in [2.05, 4.69) is 69.7 Å². The Morgan fingerprint density at radius 2 is 1.76 bits per heavy atom. The van der Waals surface area contributed by atoms with Crippen molar-refractivity contribution in [2.45, 2.75) is 52.2 Å². The first-order chi connectivity index (χ1) is 17.9. The summed E-state index contributed by atoms with van der Waals surface area (Å²) < 4.78 is 6.24. The highest BCUT2D eigenvalue weighted by Gasteiger charge is 2.26. The minimum atomic E-state index is -1.01. The van der Waals surface area contributed by atoms with Crippen molar-refractivity contribution < 1.29 is 9.52 Å². The molecule has 190 valence electrons. The van der Waals surface area contributed by atoms with E-state index in [4.69, 9.17) is 9.40 Å². The van der Waals surface area contributed by atoms with Crippen LogP contribution in [0.1, 0.15) is 57.7 Å². The summed E-state index contributed by atoms with van der Waals surface area (Å²) in [6, 6.07) is 22.9. The molecular formula is C29H32N6O2. The van der Waals surface area contributed by atoms with Gasteiger partial charge in [-0.1, -0.05) is 74.0 Å². The molecule has 0 bridgehead atoms. The molecule has 3 aromatic carbocycles. The molecule has 0 spiro atoms. The van der Waals surface area contributed by atoms with E-state index in [9.17, 15) is 5.11 Å². The molecule has 5 aromatic rings. The lowest BCUT2D eigenvalue weighted by Gasteiger charge is -2.28. The summed E-state index contributed by atoms with van der Waals surface area (Å²) in [6.07, 6.45) is 2.07. The molecule has 0 aliphatic carbocycles. The normalized spacial score (nSPS) is 12.7. The van der Waals surface area contributed by atoms with E-state index in [0.29, 0.717) is 22.9 Å². The molecule has 0 saturated heterocycles. The number of nitrogens with one attached hydrogen (secondary N) is 1. The Balaban J connectivity index is 1.48. The number of nitrogens with zero attached hydrogens (tertiary/aromatic N) is 5. The average molecular weight is 497 g/mol. The maximum atomic E-state index is 10.7. The summed E-state index contributed by atoms with van der Waals surface area (Å²) in [4.78, 5) is 7.07. The molecule has 37 heavy (non-hydrogen) atoms. The highest BCUT2D eigenvalue weighted by atomic mass is 16.4. The number of tetrazole rings is 1. The van der Waals surface area contributed by atoms with E-state index in [-0.39, 0.29) is 6.04 Å². The lowest BCUT2D eigenvalue weighted by molar-refractivity contribution is 0.0800. The first-order valence-corrected chi connectivity index (χ1v) is 12.7. The number of anilines is 1. The predicted molar refractivity (Wildman–Crippen MR) is 145 cm³/mol. The molecule has 0 radical (unpaired) electrons. The molecular weight excluding hydrogens is 464 g/mol. The van der Waals surface area contributed by atoms with E-state index in [1.54, 1.807) is 13.8 Å². The van der Waals surface area contributed by atoms with Gasteiger partial charge in [-0.25, -0.2) is 0 Å². The van der Waals surface area contributed by atoms with E-state index >= 15 is 0 Å².